The van der Waals surface area contributed by atoms with Gasteiger partial charge < -0.3 is 19.6 Å². The van der Waals surface area contributed by atoms with Crippen molar-refractivity contribution in [2.75, 3.05) is 6.54 Å². The lowest BCUT2D eigenvalue weighted by Gasteiger charge is -2.30. The molecule has 0 aliphatic carbocycles. The van der Waals surface area contributed by atoms with Gasteiger partial charge in [-0.05, 0) is 24.8 Å². The molecule has 7 heteroatoms. The normalized spacial score (nSPS) is 20.3. The quantitative estimate of drug-likeness (QED) is 0.640. The molecule has 0 bridgehead atoms. The van der Waals surface area contributed by atoms with E-state index in [9.17, 15) is 24.3 Å². The van der Waals surface area contributed by atoms with Crippen LogP contribution >= 0.6 is 0 Å². The molecule has 1 fully saturated rings. The summed E-state index contributed by atoms with van der Waals surface area (Å²) in [7, 11) is -3.61. The zero-order chi connectivity index (χ0) is 18.6. The maximum Gasteiger partial charge on any atom is 0.336 e. The Morgan fingerprint density at radius 2 is 1.88 bits per heavy atom. The monoisotopic (exact) mass is 365 g/mol. The minimum absolute atomic E-state index is 0.0165. The van der Waals surface area contributed by atoms with E-state index in [4.69, 9.17) is 0 Å². The molecule has 6 nitrogen and oxygen atoms in total. The summed E-state index contributed by atoms with van der Waals surface area (Å²) >= 11 is 0. The molecule has 0 saturated carbocycles. The van der Waals surface area contributed by atoms with Crippen molar-refractivity contribution in [1.82, 2.24) is 4.90 Å². The van der Waals surface area contributed by atoms with E-state index in [0.29, 0.717) is 25.8 Å². The second kappa shape index (κ2) is 8.12. The van der Waals surface area contributed by atoms with Gasteiger partial charge in [-0.15, -0.1) is 0 Å². The average molecular weight is 366 g/mol. The summed E-state index contributed by atoms with van der Waals surface area (Å²) in [6.07, 6.45) is 1.67. The molecule has 0 radical (unpaired) electrons. The van der Waals surface area contributed by atoms with Crippen LogP contribution in [0.15, 0.2) is 30.3 Å². The van der Waals surface area contributed by atoms with E-state index in [1.54, 1.807) is 13.8 Å². The number of carbonyl (C=O) groups is 2. The van der Waals surface area contributed by atoms with Gasteiger partial charge in [0.25, 0.3) is 0 Å². The molecule has 1 aliphatic heterocycles. The van der Waals surface area contributed by atoms with Crippen LogP contribution in [0.3, 0.4) is 0 Å². The standard InChI is InChI=1S/C18H27NO5Si/c1-13(17(20)19-10-6-9-16(19)18(21)22)12-25(23,24)14(2)11-15-7-4-3-5-8-15/h3-5,7-8,13-14,16,23-24H,6,9-12H2,1-2H3,(H,21,22)/t13-,14+,16+/m1/s1. The summed E-state index contributed by atoms with van der Waals surface area (Å²) in [5, 5.41) is 9.22. The van der Waals surface area contributed by atoms with Crippen LogP contribution in [0.4, 0.5) is 0 Å². The van der Waals surface area contributed by atoms with Crippen LogP contribution in [0.1, 0.15) is 32.3 Å². The third-order valence-corrected chi connectivity index (χ3v) is 8.02. The summed E-state index contributed by atoms with van der Waals surface area (Å²) in [5.41, 5.74) is 0.707. The van der Waals surface area contributed by atoms with Crippen molar-refractivity contribution in [3.63, 3.8) is 0 Å². The van der Waals surface area contributed by atoms with Gasteiger partial charge in [0.15, 0.2) is 0 Å². The number of amides is 1. The number of hydrogen-bond acceptors (Lipinski definition) is 4. The number of aliphatic carboxylic acids is 1. The fourth-order valence-electron chi connectivity index (χ4n) is 3.44. The molecule has 138 valence electrons. The van der Waals surface area contributed by atoms with Gasteiger partial charge in [-0.25, -0.2) is 4.79 Å². The summed E-state index contributed by atoms with van der Waals surface area (Å²) in [5.74, 6) is -1.89. The Labute approximate surface area is 149 Å². The molecule has 3 N–H and O–H groups in total. The highest BCUT2D eigenvalue weighted by atomic mass is 28.4. The molecule has 0 unspecified atom stereocenters. The van der Waals surface area contributed by atoms with E-state index in [1.165, 1.54) is 4.90 Å². The molecule has 25 heavy (non-hydrogen) atoms. The first-order chi connectivity index (χ1) is 11.7. The molecular formula is C18H27NO5Si. The van der Waals surface area contributed by atoms with Crippen LogP contribution < -0.4 is 0 Å². The van der Waals surface area contributed by atoms with Crippen LogP contribution in [0.25, 0.3) is 0 Å². The molecule has 1 heterocycles. The Bertz CT molecular complexity index is 607. The lowest BCUT2D eigenvalue weighted by atomic mass is 10.1. The number of hydrogen-bond donors (Lipinski definition) is 3. The Balaban J connectivity index is 1.98. The fourth-order valence-corrected chi connectivity index (χ4v) is 5.48. The number of nitrogens with zero attached hydrogens (tertiary/aromatic N) is 1. The first-order valence-electron chi connectivity index (χ1n) is 8.74. The third kappa shape index (κ3) is 4.90. The molecule has 0 aromatic heterocycles. The molecule has 1 aromatic carbocycles. The second-order valence-electron chi connectivity index (χ2n) is 7.10. The summed E-state index contributed by atoms with van der Waals surface area (Å²) in [6, 6.07) is 8.84. The lowest BCUT2D eigenvalue weighted by Crippen LogP contribution is -2.47. The molecule has 1 amide bonds. The van der Waals surface area contributed by atoms with Gasteiger partial charge in [0, 0.05) is 24.0 Å². The molecule has 1 aliphatic rings. The highest BCUT2D eigenvalue weighted by molar-refractivity contribution is 6.66. The Kier molecular flexibility index (Phi) is 6.37. The number of benzene rings is 1. The van der Waals surface area contributed by atoms with Crippen molar-refractivity contribution < 1.29 is 24.3 Å². The first kappa shape index (κ1) is 19.6. The Hall–Kier alpha value is -1.70. The van der Waals surface area contributed by atoms with Crippen LogP contribution in [0, 0.1) is 5.92 Å². The number of carbonyl (C=O) groups excluding carboxylic acids is 1. The maximum absolute atomic E-state index is 12.6. The van der Waals surface area contributed by atoms with Crippen molar-refractivity contribution in [3.8, 4) is 0 Å². The topological polar surface area (TPSA) is 98.1 Å². The highest BCUT2D eigenvalue weighted by Crippen LogP contribution is 2.30. The lowest BCUT2D eigenvalue weighted by molar-refractivity contribution is -0.149. The minimum Gasteiger partial charge on any atom is -0.480 e. The van der Waals surface area contributed by atoms with Gasteiger partial charge in [-0.2, -0.15) is 0 Å². The van der Waals surface area contributed by atoms with Crippen molar-refractivity contribution in [2.24, 2.45) is 5.92 Å². The predicted octanol–water partition coefficient (Wildman–Crippen LogP) is 1.76. The largest absolute Gasteiger partial charge is 0.480 e. The van der Waals surface area contributed by atoms with Crippen molar-refractivity contribution in [2.45, 2.75) is 50.7 Å². The smallest absolute Gasteiger partial charge is 0.336 e. The van der Waals surface area contributed by atoms with Gasteiger partial charge in [0.2, 0.25) is 5.91 Å². The van der Waals surface area contributed by atoms with Crippen molar-refractivity contribution in [3.05, 3.63) is 35.9 Å². The molecule has 1 saturated heterocycles. The fraction of sp³-hybridized carbons (Fsp3) is 0.556. The minimum atomic E-state index is -3.61. The molecule has 3 atom stereocenters. The third-order valence-electron chi connectivity index (χ3n) is 5.02. The van der Waals surface area contributed by atoms with E-state index < -0.39 is 26.5 Å². The van der Waals surface area contributed by atoms with Crippen LogP contribution in [-0.2, 0) is 16.0 Å². The number of carboxylic acids is 1. The maximum atomic E-state index is 12.6. The summed E-state index contributed by atoms with van der Waals surface area (Å²) in [6.45, 7) is 3.88. The van der Waals surface area contributed by atoms with Gasteiger partial charge in [-0.3, -0.25) is 4.79 Å². The van der Waals surface area contributed by atoms with Crippen LogP contribution in [-0.4, -0.2) is 52.6 Å². The zero-order valence-corrected chi connectivity index (χ0v) is 15.8. The molecule has 2 rings (SSSR count). The van der Waals surface area contributed by atoms with E-state index in [2.05, 4.69) is 0 Å². The summed E-state index contributed by atoms with van der Waals surface area (Å²) < 4.78 is 0. The number of carboxylic acid groups (broad SMARTS) is 1. The van der Waals surface area contributed by atoms with E-state index >= 15 is 0 Å². The van der Waals surface area contributed by atoms with E-state index in [0.717, 1.165) is 5.56 Å². The van der Waals surface area contributed by atoms with Crippen LogP contribution in [0.2, 0.25) is 11.6 Å². The first-order valence-corrected chi connectivity index (χ1v) is 10.9. The number of likely N-dealkylation sites (tertiary alicyclic amines) is 1. The van der Waals surface area contributed by atoms with Gasteiger partial charge >= 0.3 is 14.5 Å². The predicted molar refractivity (Wildman–Crippen MR) is 96.1 cm³/mol. The van der Waals surface area contributed by atoms with E-state index in [-0.39, 0.29) is 17.5 Å². The van der Waals surface area contributed by atoms with Crippen molar-refractivity contribution >= 4 is 20.4 Å². The Morgan fingerprint density at radius 3 is 2.48 bits per heavy atom. The van der Waals surface area contributed by atoms with E-state index in [1.807, 2.05) is 30.3 Å². The van der Waals surface area contributed by atoms with Gasteiger partial charge in [0.05, 0.1) is 0 Å². The highest BCUT2D eigenvalue weighted by Gasteiger charge is 2.42. The zero-order valence-electron chi connectivity index (χ0n) is 14.8. The SMILES string of the molecule is C[C@H](C[Si](O)(O)[C@@H](C)Cc1ccccc1)C(=O)N1CCC[C@H]1C(=O)O. The average Bonchev–Trinajstić information content (AvgIpc) is 3.04. The van der Waals surface area contributed by atoms with Crippen molar-refractivity contribution in [1.29, 1.82) is 0 Å². The van der Waals surface area contributed by atoms with Crippen LogP contribution in [0.5, 0.6) is 0 Å². The summed E-state index contributed by atoms with van der Waals surface area (Å²) in [4.78, 5) is 46.4. The molecular weight excluding hydrogens is 338 g/mol. The second-order valence-corrected chi connectivity index (χ2v) is 10.3. The van der Waals surface area contributed by atoms with Gasteiger partial charge in [-0.1, -0.05) is 44.2 Å². The molecule has 1 aromatic rings. The number of rotatable bonds is 7. The van der Waals surface area contributed by atoms with Gasteiger partial charge in [0.1, 0.15) is 6.04 Å². The Morgan fingerprint density at radius 1 is 1.24 bits per heavy atom. The molecule has 0 spiro atoms.